The van der Waals surface area contributed by atoms with E-state index in [0.29, 0.717) is 4.83 Å². The predicted octanol–water partition coefficient (Wildman–Crippen LogP) is 4.74. The lowest BCUT2D eigenvalue weighted by Crippen LogP contribution is -2.13. The van der Waals surface area contributed by atoms with E-state index >= 15 is 0 Å². The molecule has 0 aliphatic heterocycles. The van der Waals surface area contributed by atoms with Gasteiger partial charge in [0, 0.05) is 4.83 Å². The van der Waals surface area contributed by atoms with Crippen molar-refractivity contribution in [3.63, 3.8) is 0 Å². The average Bonchev–Trinajstić information content (AvgIpc) is 2.22. The molecule has 2 unspecified atom stereocenters. The van der Waals surface area contributed by atoms with Gasteiger partial charge in [-0.05, 0) is 31.2 Å². The van der Waals surface area contributed by atoms with Gasteiger partial charge in [-0.2, -0.15) is 0 Å². The molecule has 1 aromatic rings. The smallest absolute Gasteiger partial charge is 0.0211 e. The van der Waals surface area contributed by atoms with Crippen LogP contribution >= 0.6 is 15.9 Å². The van der Waals surface area contributed by atoms with Crippen molar-refractivity contribution in [2.24, 2.45) is 5.92 Å². The molecular formula is C14H21Br. The van der Waals surface area contributed by atoms with Crippen LogP contribution in [-0.2, 0) is 6.42 Å². The molecule has 15 heavy (non-hydrogen) atoms. The molecule has 0 nitrogen and oxygen atoms in total. The van der Waals surface area contributed by atoms with Crippen molar-refractivity contribution in [3.05, 3.63) is 35.4 Å². The zero-order valence-electron chi connectivity index (χ0n) is 9.96. The number of alkyl halides is 1. The Morgan fingerprint density at radius 1 is 1.20 bits per heavy atom. The average molecular weight is 269 g/mol. The van der Waals surface area contributed by atoms with Gasteiger partial charge in [-0.3, -0.25) is 0 Å². The molecule has 0 aromatic heterocycles. The molecule has 84 valence electrons. The molecule has 0 aliphatic rings. The van der Waals surface area contributed by atoms with Gasteiger partial charge < -0.3 is 0 Å². The molecule has 0 heterocycles. The Balaban J connectivity index is 2.50. The number of benzene rings is 1. The number of halogens is 1. The monoisotopic (exact) mass is 268 g/mol. The van der Waals surface area contributed by atoms with Crippen LogP contribution in [0.15, 0.2) is 24.3 Å². The van der Waals surface area contributed by atoms with Crippen molar-refractivity contribution >= 4 is 15.9 Å². The van der Waals surface area contributed by atoms with Crippen LogP contribution in [0.4, 0.5) is 0 Å². The summed E-state index contributed by atoms with van der Waals surface area (Å²) in [6, 6.07) is 8.86. The Morgan fingerprint density at radius 2 is 1.80 bits per heavy atom. The fourth-order valence-corrected chi connectivity index (χ4v) is 2.42. The number of hydrogen-bond acceptors (Lipinski definition) is 0. The molecule has 0 amide bonds. The van der Waals surface area contributed by atoms with Crippen LogP contribution in [0.3, 0.4) is 0 Å². The summed E-state index contributed by atoms with van der Waals surface area (Å²) in [5, 5.41) is 0. The minimum atomic E-state index is 0.611. The summed E-state index contributed by atoms with van der Waals surface area (Å²) in [6.07, 6.45) is 3.72. The number of aryl methyl sites for hydroxylation is 1. The van der Waals surface area contributed by atoms with Crippen LogP contribution in [0.1, 0.15) is 37.8 Å². The van der Waals surface area contributed by atoms with Crippen molar-refractivity contribution in [3.8, 4) is 0 Å². The maximum Gasteiger partial charge on any atom is 0.0211 e. The third-order valence-corrected chi connectivity index (χ3v) is 4.14. The summed E-state index contributed by atoms with van der Waals surface area (Å²) in [7, 11) is 0. The normalized spacial score (nSPS) is 14.9. The summed E-state index contributed by atoms with van der Waals surface area (Å²) in [5.41, 5.74) is 2.77. The second kappa shape index (κ2) is 6.32. The molecular weight excluding hydrogens is 248 g/mol. The maximum absolute atomic E-state index is 3.80. The Hall–Kier alpha value is -0.300. The second-order valence-electron chi connectivity index (χ2n) is 4.47. The standard InChI is InChI=1S/C14H21Br/c1-4-5-12(3)14(15)10-13-8-6-11(2)7-9-13/h6-9,12,14H,4-5,10H2,1-3H3. The summed E-state index contributed by atoms with van der Waals surface area (Å²) >= 11 is 3.80. The highest BCUT2D eigenvalue weighted by molar-refractivity contribution is 9.09. The van der Waals surface area contributed by atoms with E-state index in [9.17, 15) is 0 Å². The van der Waals surface area contributed by atoms with Crippen molar-refractivity contribution in [2.45, 2.75) is 44.9 Å². The van der Waals surface area contributed by atoms with Gasteiger partial charge in [0.15, 0.2) is 0 Å². The van der Waals surface area contributed by atoms with Gasteiger partial charge in [-0.25, -0.2) is 0 Å². The van der Waals surface area contributed by atoms with E-state index in [4.69, 9.17) is 0 Å². The van der Waals surface area contributed by atoms with E-state index < -0.39 is 0 Å². The number of rotatable bonds is 5. The highest BCUT2D eigenvalue weighted by Crippen LogP contribution is 2.22. The first-order valence-corrected chi connectivity index (χ1v) is 6.74. The van der Waals surface area contributed by atoms with Crippen LogP contribution in [-0.4, -0.2) is 4.83 Å². The molecule has 0 bridgehead atoms. The Kier molecular flexibility index (Phi) is 5.38. The zero-order chi connectivity index (χ0) is 11.3. The molecule has 0 fully saturated rings. The molecule has 0 saturated carbocycles. The van der Waals surface area contributed by atoms with E-state index in [1.165, 1.54) is 24.0 Å². The Labute approximate surface area is 102 Å². The van der Waals surface area contributed by atoms with Gasteiger partial charge in [0.2, 0.25) is 0 Å². The molecule has 1 heteroatoms. The topological polar surface area (TPSA) is 0 Å². The highest BCUT2D eigenvalue weighted by atomic mass is 79.9. The molecule has 0 N–H and O–H groups in total. The molecule has 2 atom stereocenters. The molecule has 1 aromatic carbocycles. The maximum atomic E-state index is 3.80. The van der Waals surface area contributed by atoms with Crippen LogP contribution in [0, 0.1) is 12.8 Å². The second-order valence-corrected chi connectivity index (χ2v) is 5.65. The van der Waals surface area contributed by atoms with Gasteiger partial charge in [-0.1, -0.05) is 66.0 Å². The molecule has 0 saturated heterocycles. The van der Waals surface area contributed by atoms with Gasteiger partial charge in [0.1, 0.15) is 0 Å². The van der Waals surface area contributed by atoms with E-state index in [2.05, 4.69) is 61.0 Å². The summed E-state index contributed by atoms with van der Waals surface area (Å²) in [4.78, 5) is 0.611. The SMILES string of the molecule is CCCC(C)C(Br)Cc1ccc(C)cc1. The Bertz CT molecular complexity index is 276. The largest absolute Gasteiger partial charge is 0.0884 e. The predicted molar refractivity (Wildman–Crippen MR) is 71.7 cm³/mol. The fourth-order valence-electron chi connectivity index (χ4n) is 1.79. The van der Waals surface area contributed by atoms with Gasteiger partial charge in [0.25, 0.3) is 0 Å². The lowest BCUT2D eigenvalue weighted by molar-refractivity contribution is 0.505. The van der Waals surface area contributed by atoms with Crippen molar-refractivity contribution < 1.29 is 0 Å². The van der Waals surface area contributed by atoms with Gasteiger partial charge in [-0.15, -0.1) is 0 Å². The zero-order valence-corrected chi connectivity index (χ0v) is 11.5. The van der Waals surface area contributed by atoms with Crippen LogP contribution in [0.5, 0.6) is 0 Å². The van der Waals surface area contributed by atoms with E-state index in [0.717, 1.165) is 12.3 Å². The summed E-state index contributed by atoms with van der Waals surface area (Å²) in [5.74, 6) is 0.760. The van der Waals surface area contributed by atoms with Gasteiger partial charge >= 0.3 is 0 Å². The first-order valence-electron chi connectivity index (χ1n) is 5.83. The van der Waals surface area contributed by atoms with Crippen molar-refractivity contribution in [2.75, 3.05) is 0 Å². The number of hydrogen-bond donors (Lipinski definition) is 0. The van der Waals surface area contributed by atoms with Gasteiger partial charge in [0.05, 0.1) is 0 Å². The first-order chi connectivity index (χ1) is 7.13. The third kappa shape index (κ3) is 4.38. The molecule has 1 rings (SSSR count). The van der Waals surface area contributed by atoms with Crippen LogP contribution < -0.4 is 0 Å². The fraction of sp³-hybridized carbons (Fsp3) is 0.571. The molecule has 0 aliphatic carbocycles. The quantitative estimate of drug-likeness (QED) is 0.677. The van der Waals surface area contributed by atoms with E-state index in [1.54, 1.807) is 0 Å². The third-order valence-electron chi connectivity index (χ3n) is 2.91. The lowest BCUT2D eigenvalue weighted by Gasteiger charge is -2.17. The summed E-state index contributed by atoms with van der Waals surface area (Å²) < 4.78 is 0. The highest BCUT2D eigenvalue weighted by Gasteiger charge is 2.13. The van der Waals surface area contributed by atoms with Crippen LogP contribution in [0.25, 0.3) is 0 Å². The van der Waals surface area contributed by atoms with Crippen LogP contribution in [0.2, 0.25) is 0 Å². The molecule has 0 spiro atoms. The summed E-state index contributed by atoms with van der Waals surface area (Å²) in [6.45, 7) is 6.72. The first kappa shape index (κ1) is 12.8. The minimum absolute atomic E-state index is 0.611. The van der Waals surface area contributed by atoms with Crippen molar-refractivity contribution in [1.82, 2.24) is 0 Å². The minimum Gasteiger partial charge on any atom is -0.0884 e. The van der Waals surface area contributed by atoms with Crippen molar-refractivity contribution in [1.29, 1.82) is 0 Å². The Morgan fingerprint density at radius 3 is 2.33 bits per heavy atom. The van der Waals surface area contributed by atoms with E-state index in [-0.39, 0.29) is 0 Å². The molecule has 0 radical (unpaired) electrons. The lowest BCUT2D eigenvalue weighted by atomic mass is 9.97. The van der Waals surface area contributed by atoms with E-state index in [1.807, 2.05) is 0 Å².